The lowest BCUT2D eigenvalue weighted by Gasteiger charge is -2.29. The van der Waals surface area contributed by atoms with E-state index in [1.807, 2.05) is 0 Å². The molecule has 1 unspecified atom stereocenters. The summed E-state index contributed by atoms with van der Waals surface area (Å²) in [6.07, 6.45) is 0.451. The van der Waals surface area contributed by atoms with Crippen LogP contribution in [-0.2, 0) is 27.5 Å². The van der Waals surface area contributed by atoms with Crippen molar-refractivity contribution >= 4 is 40.7 Å². The average molecular weight is 427 g/mol. The molecule has 4 rings (SSSR count). The summed E-state index contributed by atoms with van der Waals surface area (Å²) in [4.78, 5) is 62.7. The van der Waals surface area contributed by atoms with Gasteiger partial charge >= 0.3 is 0 Å². The number of imide groups is 1. The monoisotopic (exact) mass is 427 g/mol. The zero-order valence-electron chi connectivity index (χ0n) is 15.6. The summed E-state index contributed by atoms with van der Waals surface area (Å²) in [6.45, 7) is 0.278. The zero-order valence-corrected chi connectivity index (χ0v) is 16.5. The van der Waals surface area contributed by atoms with Crippen molar-refractivity contribution in [2.24, 2.45) is 0 Å². The van der Waals surface area contributed by atoms with Crippen LogP contribution in [0.5, 0.6) is 5.75 Å². The number of carbonyl (C=O) groups excluding carboxylic acids is 5. The minimum absolute atomic E-state index is 0.00802. The molecule has 1 aromatic heterocycles. The molecule has 2 aliphatic rings. The molecule has 1 fully saturated rings. The van der Waals surface area contributed by atoms with Gasteiger partial charge in [-0.3, -0.25) is 29.3 Å². The van der Waals surface area contributed by atoms with Gasteiger partial charge in [0.2, 0.25) is 17.6 Å². The zero-order chi connectivity index (χ0) is 21.4. The number of phenolic OH excluding ortho intramolecular Hbond substituents is 1. The van der Waals surface area contributed by atoms with Gasteiger partial charge in [-0.25, -0.2) is 0 Å². The van der Waals surface area contributed by atoms with E-state index in [-0.39, 0.29) is 49.1 Å². The van der Waals surface area contributed by atoms with Crippen LogP contribution in [0.2, 0.25) is 0 Å². The van der Waals surface area contributed by atoms with Crippen molar-refractivity contribution in [3.63, 3.8) is 0 Å². The predicted octanol–water partition coefficient (Wildman–Crippen LogP) is 0.714. The molecule has 30 heavy (non-hydrogen) atoms. The average Bonchev–Trinajstić information content (AvgIpc) is 3.26. The minimum Gasteiger partial charge on any atom is -0.508 e. The highest BCUT2D eigenvalue weighted by Gasteiger charge is 2.40. The predicted molar refractivity (Wildman–Crippen MR) is 105 cm³/mol. The Morgan fingerprint density at radius 1 is 1.20 bits per heavy atom. The number of benzene rings is 1. The van der Waals surface area contributed by atoms with Crippen molar-refractivity contribution in [3.8, 4) is 5.75 Å². The van der Waals surface area contributed by atoms with Crippen LogP contribution in [-0.4, -0.2) is 45.5 Å². The number of nitrogens with zero attached hydrogens (tertiary/aromatic N) is 1. The number of fused-ring (bicyclic) bond motifs is 1. The van der Waals surface area contributed by atoms with Gasteiger partial charge in [-0.05, 0) is 36.2 Å². The number of phenols is 1. The van der Waals surface area contributed by atoms with E-state index in [0.717, 1.165) is 4.88 Å². The first kappa shape index (κ1) is 19.8. The number of rotatable bonds is 5. The van der Waals surface area contributed by atoms with Gasteiger partial charge in [0.15, 0.2) is 0 Å². The lowest BCUT2D eigenvalue weighted by Crippen LogP contribution is -2.52. The van der Waals surface area contributed by atoms with E-state index >= 15 is 0 Å². The molecule has 0 spiro atoms. The van der Waals surface area contributed by atoms with Crippen LogP contribution in [0.15, 0.2) is 29.6 Å². The maximum atomic E-state index is 12.7. The van der Waals surface area contributed by atoms with Crippen LogP contribution < -0.4 is 10.6 Å². The normalized spacial score (nSPS) is 18.2. The summed E-state index contributed by atoms with van der Waals surface area (Å²) < 4.78 is 0. The molecule has 0 bridgehead atoms. The van der Waals surface area contributed by atoms with E-state index in [9.17, 15) is 29.1 Å². The molecule has 2 aliphatic heterocycles. The molecule has 0 aliphatic carbocycles. The highest BCUT2D eigenvalue weighted by Crippen LogP contribution is 2.33. The number of aromatic hydroxyl groups is 1. The van der Waals surface area contributed by atoms with E-state index in [0.29, 0.717) is 11.1 Å². The van der Waals surface area contributed by atoms with E-state index in [4.69, 9.17) is 0 Å². The van der Waals surface area contributed by atoms with Crippen LogP contribution in [0.4, 0.5) is 0 Å². The van der Waals surface area contributed by atoms with E-state index < -0.39 is 23.6 Å². The summed E-state index contributed by atoms with van der Waals surface area (Å²) in [5.74, 6) is -2.65. The molecule has 154 valence electrons. The van der Waals surface area contributed by atoms with Gasteiger partial charge in [0.25, 0.3) is 11.8 Å². The fourth-order valence-electron chi connectivity index (χ4n) is 3.54. The van der Waals surface area contributed by atoms with E-state index in [1.54, 1.807) is 5.38 Å². The highest BCUT2D eigenvalue weighted by atomic mass is 32.1. The Balaban J connectivity index is 1.42. The Bertz CT molecular complexity index is 1070. The van der Waals surface area contributed by atoms with Crippen LogP contribution in [0.3, 0.4) is 0 Å². The highest BCUT2D eigenvalue weighted by molar-refractivity contribution is 7.10. The SMILES string of the molecule is O=C1CCC(N2Cc3c(csc3CNC(=O)C(=O)c3ccc(O)cc3)C2=O)C(=O)N1. The molecule has 1 atom stereocenters. The minimum atomic E-state index is -0.797. The lowest BCUT2D eigenvalue weighted by atomic mass is 10.0. The van der Waals surface area contributed by atoms with Crippen molar-refractivity contribution in [3.05, 3.63) is 51.2 Å². The Morgan fingerprint density at radius 3 is 2.63 bits per heavy atom. The van der Waals surface area contributed by atoms with Gasteiger partial charge < -0.3 is 15.3 Å². The van der Waals surface area contributed by atoms with Crippen molar-refractivity contribution in [1.29, 1.82) is 0 Å². The lowest BCUT2D eigenvalue weighted by molar-refractivity contribution is -0.136. The Hall–Kier alpha value is -3.53. The summed E-state index contributed by atoms with van der Waals surface area (Å²) in [6, 6.07) is 4.66. The number of hydrogen-bond donors (Lipinski definition) is 3. The summed E-state index contributed by atoms with van der Waals surface area (Å²) in [7, 11) is 0. The molecule has 4 amide bonds. The van der Waals surface area contributed by atoms with E-state index in [2.05, 4.69) is 10.6 Å². The van der Waals surface area contributed by atoms with Gasteiger partial charge in [0.05, 0.1) is 12.1 Å². The first-order chi connectivity index (χ1) is 14.3. The molecule has 10 heteroatoms. The third kappa shape index (κ3) is 3.57. The molecule has 1 saturated heterocycles. The fraction of sp³-hybridized carbons (Fsp3) is 0.250. The summed E-state index contributed by atoms with van der Waals surface area (Å²) in [5, 5.41) is 15.8. The number of Topliss-reactive ketones (excluding diaryl/α,β-unsaturated/α-hetero) is 1. The van der Waals surface area contributed by atoms with Gasteiger partial charge in [-0.2, -0.15) is 0 Å². The van der Waals surface area contributed by atoms with E-state index in [1.165, 1.54) is 40.5 Å². The number of piperidine rings is 1. The van der Waals surface area contributed by atoms with Crippen molar-refractivity contribution in [2.45, 2.75) is 32.0 Å². The third-order valence-corrected chi connectivity index (χ3v) is 6.16. The first-order valence-electron chi connectivity index (χ1n) is 9.20. The van der Waals surface area contributed by atoms with Crippen LogP contribution in [0.25, 0.3) is 0 Å². The quantitative estimate of drug-likeness (QED) is 0.366. The Morgan fingerprint density at radius 2 is 1.93 bits per heavy atom. The van der Waals surface area contributed by atoms with Crippen molar-refractivity contribution in [2.75, 3.05) is 0 Å². The number of ketones is 1. The van der Waals surface area contributed by atoms with Crippen molar-refractivity contribution in [1.82, 2.24) is 15.5 Å². The number of carbonyl (C=O) groups is 5. The fourth-order valence-corrected chi connectivity index (χ4v) is 4.51. The molecule has 3 N–H and O–H groups in total. The van der Waals surface area contributed by atoms with Gasteiger partial charge in [0.1, 0.15) is 11.8 Å². The van der Waals surface area contributed by atoms with Gasteiger partial charge in [-0.15, -0.1) is 11.3 Å². The molecule has 2 aromatic rings. The Kier molecular flexibility index (Phi) is 5.08. The first-order valence-corrected chi connectivity index (χ1v) is 10.1. The standard InChI is InChI=1S/C20H17N3O6S/c24-11-3-1-10(2-4-11)17(26)19(28)21-7-15-12-8-23(20(29)13(12)9-30-15)14-5-6-16(25)22-18(14)27/h1-4,9,14,24H,5-8H2,(H,21,28)(H,22,25,27). The molecular formula is C20H17N3O6S. The molecular weight excluding hydrogens is 410 g/mol. The van der Waals surface area contributed by atoms with Crippen LogP contribution >= 0.6 is 11.3 Å². The molecule has 0 saturated carbocycles. The molecule has 0 radical (unpaired) electrons. The summed E-state index contributed by atoms with van der Waals surface area (Å²) in [5.41, 5.74) is 1.34. The van der Waals surface area contributed by atoms with Gasteiger partial charge in [0, 0.05) is 28.8 Å². The summed E-state index contributed by atoms with van der Waals surface area (Å²) >= 11 is 1.30. The molecule has 9 nitrogen and oxygen atoms in total. The van der Waals surface area contributed by atoms with Gasteiger partial charge in [-0.1, -0.05) is 0 Å². The maximum absolute atomic E-state index is 12.7. The number of amides is 4. The van der Waals surface area contributed by atoms with Crippen LogP contribution in [0.1, 0.15) is 44.0 Å². The second-order valence-corrected chi connectivity index (χ2v) is 7.97. The van der Waals surface area contributed by atoms with Crippen LogP contribution in [0, 0.1) is 0 Å². The number of thiophene rings is 1. The largest absolute Gasteiger partial charge is 0.508 e. The second-order valence-electron chi connectivity index (χ2n) is 7.01. The second kappa shape index (κ2) is 7.71. The van der Waals surface area contributed by atoms with Crippen molar-refractivity contribution < 1.29 is 29.1 Å². The smallest absolute Gasteiger partial charge is 0.292 e. The molecule has 1 aromatic carbocycles. The number of hydrogen-bond acceptors (Lipinski definition) is 7. The molecule has 3 heterocycles. The maximum Gasteiger partial charge on any atom is 0.292 e. The topological polar surface area (TPSA) is 133 Å². The number of nitrogens with one attached hydrogen (secondary N) is 2. The Labute approximate surface area is 174 Å². The third-order valence-electron chi connectivity index (χ3n) is 5.13.